The summed E-state index contributed by atoms with van der Waals surface area (Å²) >= 11 is 1.46. The first kappa shape index (κ1) is 15.8. The van der Waals surface area contributed by atoms with Crippen LogP contribution in [0, 0.1) is 0 Å². The third-order valence-corrected chi connectivity index (χ3v) is 5.41. The Hall–Kier alpha value is -2.67. The topological polar surface area (TPSA) is 66.7 Å². The molecular formula is C18H17N3O3S. The standard InChI is InChI=1S/C18H17N3O3S/c1-12(22)13-3-2-4-17(19-13)20-6-8-21(9-7-20)18(23)16-11-14-15(25-16)5-10-24-14/h2-5,10-11H,6-9H2,1H3. The minimum atomic E-state index is -0.0438. The SMILES string of the molecule is CC(=O)c1cccc(N2CCN(C(=O)c3cc4occc4s3)CC2)n1. The molecule has 3 aromatic rings. The number of carbonyl (C=O) groups is 2. The minimum absolute atomic E-state index is 0.0431. The Balaban J connectivity index is 1.44. The predicted octanol–water partition coefficient (Wildman–Crippen LogP) is 3.05. The number of carbonyl (C=O) groups excluding carboxylic acids is 2. The largest absolute Gasteiger partial charge is 0.463 e. The smallest absolute Gasteiger partial charge is 0.264 e. The van der Waals surface area contributed by atoms with Crippen LogP contribution in [0.2, 0.25) is 0 Å². The third-order valence-electron chi connectivity index (χ3n) is 4.34. The number of pyridine rings is 1. The van der Waals surface area contributed by atoms with Crippen LogP contribution in [0.3, 0.4) is 0 Å². The highest BCUT2D eigenvalue weighted by molar-refractivity contribution is 7.20. The number of fused-ring (bicyclic) bond motifs is 1. The van der Waals surface area contributed by atoms with Crippen molar-refractivity contribution in [1.82, 2.24) is 9.88 Å². The van der Waals surface area contributed by atoms with Crippen LogP contribution in [-0.2, 0) is 0 Å². The lowest BCUT2D eigenvalue weighted by atomic mass is 10.2. The summed E-state index contributed by atoms with van der Waals surface area (Å²) in [5.74, 6) is 0.785. The van der Waals surface area contributed by atoms with Gasteiger partial charge in [-0.25, -0.2) is 4.98 Å². The summed E-state index contributed by atoms with van der Waals surface area (Å²) in [6, 6.07) is 9.15. The first-order valence-corrected chi connectivity index (χ1v) is 8.93. The van der Waals surface area contributed by atoms with Crippen molar-refractivity contribution in [2.24, 2.45) is 0 Å². The molecule has 6 nitrogen and oxygen atoms in total. The van der Waals surface area contributed by atoms with E-state index in [2.05, 4.69) is 9.88 Å². The van der Waals surface area contributed by atoms with E-state index >= 15 is 0 Å². The molecule has 0 N–H and O–H groups in total. The maximum absolute atomic E-state index is 12.7. The summed E-state index contributed by atoms with van der Waals surface area (Å²) < 4.78 is 6.33. The molecule has 25 heavy (non-hydrogen) atoms. The minimum Gasteiger partial charge on any atom is -0.463 e. The zero-order valence-electron chi connectivity index (χ0n) is 13.8. The molecule has 0 spiro atoms. The average molecular weight is 355 g/mol. The molecule has 0 unspecified atom stereocenters. The van der Waals surface area contributed by atoms with Gasteiger partial charge in [0.15, 0.2) is 5.78 Å². The number of furan rings is 1. The van der Waals surface area contributed by atoms with Crippen LogP contribution in [0.4, 0.5) is 5.82 Å². The highest BCUT2D eigenvalue weighted by atomic mass is 32.1. The summed E-state index contributed by atoms with van der Waals surface area (Å²) in [4.78, 5) is 33.2. The molecule has 0 radical (unpaired) electrons. The van der Waals surface area contributed by atoms with Gasteiger partial charge in [0, 0.05) is 39.2 Å². The van der Waals surface area contributed by atoms with Crippen molar-refractivity contribution in [3.05, 3.63) is 47.2 Å². The molecule has 4 rings (SSSR count). The van der Waals surface area contributed by atoms with Crippen molar-refractivity contribution < 1.29 is 14.0 Å². The Bertz CT molecular complexity index is 909. The van der Waals surface area contributed by atoms with Crippen molar-refractivity contribution in [3.8, 4) is 0 Å². The molecule has 1 aliphatic heterocycles. The maximum atomic E-state index is 12.7. The molecule has 1 saturated heterocycles. The first-order chi connectivity index (χ1) is 12.1. The molecule has 0 bridgehead atoms. The van der Waals surface area contributed by atoms with E-state index in [4.69, 9.17) is 4.42 Å². The van der Waals surface area contributed by atoms with Gasteiger partial charge in [-0.1, -0.05) is 6.07 Å². The molecule has 1 amide bonds. The van der Waals surface area contributed by atoms with Gasteiger partial charge in [0.2, 0.25) is 0 Å². The molecule has 7 heteroatoms. The first-order valence-electron chi connectivity index (χ1n) is 8.11. The quantitative estimate of drug-likeness (QED) is 0.676. The van der Waals surface area contributed by atoms with Gasteiger partial charge in [0.25, 0.3) is 5.91 Å². The van der Waals surface area contributed by atoms with Crippen LogP contribution in [0.25, 0.3) is 10.3 Å². The number of aromatic nitrogens is 1. The number of hydrogen-bond acceptors (Lipinski definition) is 6. The number of thiophene rings is 1. The highest BCUT2D eigenvalue weighted by Gasteiger charge is 2.24. The van der Waals surface area contributed by atoms with Crippen LogP contribution in [0.1, 0.15) is 27.1 Å². The fourth-order valence-corrected chi connectivity index (χ4v) is 3.91. The van der Waals surface area contributed by atoms with Crippen LogP contribution in [0.5, 0.6) is 0 Å². The lowest BCUT2D eigenvalue weighted by Crippen LogP contribution is -2.49. The molecule has 3 aromatic heterocycles. The Morgan fingerprint density at radius 3 is 2.68 bits per heavy atom. The number of nitrogens with zero attached hydrogens (tertiary/aromatic N) is 3. The van der Waals surface area contributed by atoms with Gasteiger partial charge in [0.05, 0.1) is 15.8 Å². The fraction of sp³-hybridized carbons (Fsp3) is 0.278. The highest BCUT2D eigenvalue weighted by Crippen LogP contribution is 2.27. The Labute approximate surface area is 148 Å². The summed E-state index contributed by atoms with van der Waals surface area (Å²) in [7, 11) is 0. The van der Waals surface area contributed by atoms with Gasteiger partial charge in [-0.2, -0.15) is 0 Å². The van der Waals surface area contributed by atoms with Crippen LogP contribution in [0.15, 0.2) is 41.0 Å². The molecule has 0 atom stereocenters. The summed E-state index contributed by atoms with van der Waals surface area (Å²) in [6.45, 7) is 4.16. The number of piperazine rings is 1. The van der Waals surface area contributed by atoms with Crippen molar-refractivity contribution >= 4 is 39.1 Å². The van der Waals surface area contributed by atoms with Crippen molar-refractivity contribution in [2.75, 3.05) is 31.1 Å². The predicted molar refractivity (Wildman–Crippen MR) is 96.4 cm³/mol. The number of amides is 1. The van der Waals surface area contributed by atoms with E-state index in [-0.39, 0.29) is 11.7 Å². The lowest BCUT2D eigenvalue weighted by Gasteiger charge is -2.35. The zero-order chi connectivity index (χ0) is 17.4. The van der Waals surface area contributed by atoms with E-state index in [9.17, 15) is 9.59 Å². The summed E-state index contributed by atoms with van der Waals surface area (Å²) in [6.07, 6.45) is 1.64. The molecule has 4 heterocycles. The van der Waals surface area contributed by atoms with Crippen molar-refractivity contribution in [2.45, 2.75) is 6.92 Å². The van der Waals surface area contributed by atoms with E-state index in [1.54, 1.807) is 12.3 Å². The monoisotopic (exact) mass is 355 g/mol. The Morgan fingerprint density at radius 1 is 1.16 bits per heavy atom. The maximum Gasteiger partial charge on any atom is 0.264 e. The van der Waals surface area contributed by atoms with E-state index in [0.29, 0.717) is 36.8 Å². The lowest BCUT2D eigenvalue weighted by molar-refractivity contribution is 0.0751. The molecule has 0 saturated carbocycles. The fourth-order valence-electron chi connectivity index (χ4n) is 2.96. The summed E-state index contributed by atoms with van der Waals surface area (Å²) in [5.41, 5.74) is 1.23. The Morgan fingerprint density at radius 2 is 1.96 bits per heavy atom. The number of hydrogen-bond donors (Lipinski definition) is 0. The number of rotatable bonds is 3. The molecule has 0 aliphatic carbocycles. The van der Waals surface area contributed by atoms with E-state index in [0.717, 1.165) is 16.1 Å². The van der Waals surface area contributed by atoms with Gasteiger partial charge in [-0.3, -0.25) is 9.59 Å². The molecule has 1 fully saturated rings. The molecule has 1 aliphatic rings. The second-order valence-corrected chi connectivity index (χ2v) is 7.06. The Kier molecular flexibility index (Phi) is 4.01. The van der Waals surface area contributed by atoms with Gasteiger partial charge in [-0.05, 0) is 18.2 Å². The number of anilines is 1. The number of Topliss-reactive ketones (excluding diaryl/α,β-unsaturated/α-hetero) is 1. The normalized spacial score (nSPS) is 14.9. The molecule has 0 aromatic carbocycles. The van der Waals surface area contributed by atoms with Crippen LogP contribution in [-0.4, -0.2) is 47.8 Å². The second-order valence-electron chi connectivity index (χ2n) is 5.98. The van der Waals surface area contributed by atoms with Crippen molar-refractivity contribution in [3.63, 3.8) is 0 Å². The van der Waals surface area contributed by atoms with Crippen LogP contribution < -0.4 is 4.90 Å². The molecule has 128 valence electrons. The van der Waals surface area contributed by atoms with E-state index in [1.165, 1.54) is 18.3 Å². The van der Waals surface area contributed by atoms with E-state index in [1.807, 2.05) is 29.2 Å². The second kappa shape index (κ2) is 6.33. The van der Waals surface area contributed by atoms with Crippen LogP contribution >= 0.6 is 11.3 Å². The summed E-state index contributed by atoms with van der Waals surface area (Å²) in [5, 5.41) is 0. The van der Waals surface area contributed by atoms with Crippen molar-refractivity contribution in [1.29, 1.82) is 0 Å². The van der Waals surface area contributed by atoms with E-state index < -0.39 is 0 Å². The average Bonchev–Trinajstić information content (AvgIpc) is 3.23. The van der Waals surface area contributed by atoms with Gasteiger partial charge >= 0.3 is 0 Å². The van der Waals surface area contributed by atoms with Gasteiger partial charge in [0.1, 0.15) is 17.1 Å². The van der Waals surface area contributed by atoms with Gasteiger partial charge < -0.3 is 14.2 Å². The molecular weight excluding hydrogens is 338 g/mol. The number of ketones is 1. The van der Waals surface area contributed by atoms with Gasteiger partial charge in [-0.15, -0.1) is 11.3 Å². The third kappa shape index (κ3) is 3.02. The zero-order valence-corrected chi connectivity index (χ0v) is 14.6.